The number of methoxy groups -OCH3 is 1. The van der Waals surface area contributed by atoms with Crippen molar-refractivity contribution in [2.75, 3.05) is 26.6 Å². The van der Waals surface area contributed by atoms with Gasteiger partial charge in [-0.25, -0.2) is 0 Å². The minimum absolute atomic E-state index is 0.00319. The van der Waals surface area contributed by atoms with E-state index in [2.05, 4.69) is 209 Å². The fourth-order valence-electron chi connectivity index (χ4n) is 10.4. The van der Waals surface area contributed by atoms with E-state index < -0.39 is 79.7 Å². The number of unbranched alkanes of at least 4 members (excludes halogenated alkanes) is 1. The first kappa shape index (κ1) is 65.9. The Hall–Kier alpha value is -1.88. The van der Waals surface area contributed by atoms with Gasteiger partial charge in [-0.3, -0.25) is 4.18 Å². The maximum atomic E-state index is 13.0. The Morgan fingerprint density at radius 1 is 0.636 bits per heavy atom. The van der Waals surface area contributed by atoms with Crippen LogP contribution in [0.2, 0.25) is 59.4 Å². The molecule has 5 rings (SSSR count). The van der Waals surface area contributed by atoms with Gasteiger partial charge < -0.3 is 36.7 Å². The second-order valence-electron chi connectivity index (χ2n) is 28.0. The first-order valence-corrected chi connectivity index (χ1v) is 40.9. The van der Waals surface area contributed by atoms with E-state index in [9.17, 15) is 8.42 Å². The Balaban J connectivity index is 1.63. The van der Waals surface area contributed by atoms with Crippen LogP contribution < -0.4 is 10.4 Å². The lowest BCUT2D eigenvalue weighted by Crippen LogP contribution is -2.70. The lowest BCUT2D eigenvalue weighted by molar-refractivity contribution is -0.355. The van der Waals surface area contributed by atoms with Gasteiger partial charge in [-0.2, -0.15) is 8.42 Å². The van der Waals surface area contributed by atoms with Crippen molar-refractivity contribution in [3.8, 4) is 0 Å². The number of hydrogen-bond acceptors (Lipinski definition) is 11. The number of rotatable bonds is 23. The smallest absolute Gasteiger partial charge is 0.264 e. The van der Waals surface area contributed by atoms with Gasteiger partial charge in [0.25, 0.3) is 18.4 Å². The van der Waals surface area contributed by atoms with E-state index in [4.69, 9.17) is 40.8 Å². The van der Waals surface area contributed by atoms with E-state index in [1.54, 1.807) is 7.11 Å². The molecule has 2 heterocycles. The van der Waals surface area contributed by atoms with E-state index in [1.165, 1.54) is 10.4 Å². The molecule has 77 heavy (non-hydrogen) atoms. The SMILES string of the molecule is CO[C@]1([C@@H](O[Si](C)(C)C(C)(C)C)[C@@H]2O[C@H](COS(C)(=O)=O)[C@@H](O[Si](C)(C)C(C)(C)C)[C@H](OCc3ccccc3)[C@H]2C)C[C@H](O[Si](C)(C)C(C)(C)C)[C@@H](C)[C@@H](CCCCO[Si](c2ccccc2)(c2ccccc2)C(C)(C)C)O1. The fourth-order valence-corrected chi connectivity index (χ4v) is 19.4. The largest absolute Gasteiger partial charge is 0.413 e. The second kappa shape index (κ2) is 25.3. The molecule has 2 aliphatic rings. The molecule has 0 bridgehead atoms. The Morgan fingerprint density at radius 2 is 1.13 bits per heavy atom. The Kier molecular flexibility index (Phi) is 21.7. The molecule has 10 atom stereocenters. The highest BCUT2D eigenvalue weighted by Gasteiger charge is 2.62. The average molecular weight is 1160 g/mol. The number of ether oxygens (including phenoxy) is 4. The van der Waals surface area contributed by atoms with Crippen LogP contribution in [0.5, 0.6) is 0 Å². The standard InChI is InChI=1S/C61H104O11SSi4/c1-45-50(40-32-33-41-67-77(60(12,13)14,48-36-28-24-29-37-48)49-38-30-25-31-39-49)69-61(64-15,42-51(45)70-74(17,18)57(3,4)5)56(72-76(21,22)59(9,10)11)54-46(2)53(65-43-47-34-26-23-27-35-47)55(71-75(19,20)58(6,7)8)52(68-54)44-66-73(16,62)63/h23-31,34-39,45-46,50-56H,32-33,40-44H2,1-22H3/t45-,46+,50+,51-,52+,53+,54+,55+,56-,61+/m0/s1. The first-order chi connectivity index (χ1) is 35.3. The quantitative estimate of drug-likeness (QED) is 0.0513. The highest BCUT2D eigenvalue weighted by atomic mass is 32.2. The van der Waals surface area contributed by atoms with E-state index in [1.807, 2.05) is 18.2 Å². The summed E-state index contributed by atoms with van der Waals surface area (Å²) < 4.78 is 91.1. The summed E-state index contributed by atoms with van der Waals surface area (Å²) in [6.07, 6.45) is -0.355. The minimum Gasteiger partial charge on any atom is -0.413 e. The number of benzene rings is 3. The van der Waals surface area contributed by atoms with Crippen LogP contribution in [0, 0.1) is 11.8 Å². The van der Waals surface area contributed by atoms with Crippen molar-refractivity contribution in [3.05, 3.63) is 96.6 Å². The van der Waals surface area contributed by atoms with Gasteiger partial charge in [0.1, 0.15) is 18.3 Å². The predicted octanol–water partition coefficient (Wildman–Crippen LogP) is 13.6. The van der Waals surface area contributed by atoms with Crippen LogP contribution in [0.1, 0.15) is 128 Å². The molecule has 436 valence electrons. The fraction of sp³-hybridized carbons (Fsp3) is 0.705. The zero-order chi connectivity index (χ0) is 57.8. The topological polar surface area (TPSA) is 117 Å². The lowest BCUT2D eigenvalue weighted by atomic mass is 9.79. The average Bonchev–Trinajstić information content (AvgIpc) is 3.31. The Morgan fingerprint density at radius 3 is 1.60 bits per heavy atom. The molecular formula is C61H104O11SSi4. The highest BCUT2D eigenvalue weighted by molar-refractivity contribution is 7.86. The van der Waals surface area contributed by atoms with Crippen molar-refractivity contribution >= 4 is 53.8 Å². The van der Waals surface area contributed by atoms with Crippen LogP contribution in [-0.2, 0) is 57.6 Å². The predicted molar refractivity (Wildman–Crippen MR) is 326 cm³/mol. The van der Waals surface area contributed by atoms with Crippen molar-refractivity contribution in [1.29, 1.82) is 0 Å². The minimum atomic E-state index is -3.89. The van der Waals surface area contributed by atoms with Gasteiger partial charge in [-0.1, -0.05) is 188 Å². The van der Waals surface area contributed by atoms with Crippen molar-refractivity contribution in [1.82, 2.24) is 0 Å². The maximum absolute atomic E-state index is 13.0. The summed E-state index contributed by atoms with van der Waals surface area (Å²) in [6, 6.07) is 31.8. The van der Waals surface area contributed by atoms with E-state index >= 15 is 0 Å². The Labute approximate surface area is 472 Å². The van der Waals surface area contributed by atoms with Crippen molar-refractivity contribution in [3.63, 3.8) is 0 Å². The summed E-state index contributed by atoms with van der Waals surface area (Å²) in [5, 5.41) is 1.92. The summed E-state index contributed by atoms with van der Waals surface area (Å²) in [5.74, 6) is -1.74. The molecule has 2 saturated heterocycles. The van der Waals surface area contributed by atoms with Crippen LogP contribution in [0.25, 0.3) is 0 Å². The first-order valence-electron chi connectivity index (χ1n) is 28.5. The molecule has 0 spiro atoms. The monoisotopic (exact) mass is 1160 g/mol. The van der Waals surface area contributed by atoms with Crippen molar-refractivity contribution in [2.24, 2.45) is 11.8 Å². The van der Waals surface area contributed by atoms with Gasteiger partial charge in [0.05, 0.1) is 43.9 Å². The molecule has 3 aromatic carbocycles. The maximum Gasteiger partial charge on any atom is 0.264 e. The van der Waals surface area contributed by atoms with E-state index in [0.717, 1.165) is 31.1 Å². The van der Waals surface area contributed by atoms with Gasteiger partial charge in [0.2, 0.25) is 0 Å². The zero-order valence-corrected chi connectivity index (χ0v) is 56.5. The molecule has 0 aliphatic carbocycles. The third-order valence-corrected chi connectivity index (χ3v) is 37.3. The van der Waals surface area contributed by atoms with E-state index in [-0.39, 0.29) is 50.8 Å². The molecule has 2 aliphatic heterocycles. The van der Waals surface area contributed by atoms with Gasteiger partial charge in [0, 0.05) is 32.0 Å². The van der Waals surface area contributed by atoms with Crippen LogP contribution in [0.3, 0.4) is 0 Å². The van der Waals surface area contributed by atoms with Crippen LogP contribution >= 0.6 is 0 Å². The van der Waals surface area contributed by atoms with Gasteiger partial charge >= 0.3 is 0 Å². The Bertz CT molecular complexity index is 2360. The lowest BCUT2D eigenvalue weighted by Gasteiger charge is -2.58. The molecule has 16 heteroatoms. The third kappa shape index (κ3) is 15.8. The third-order valence-electron chi connectivity index (χ3n) is 18.2. The second-order valence-corrected chi connectivity index (χ2v) is 48.3. The summed E-state index contributed by atoms with van der Waals surface area (Å²) >= 11 is 0. The molecule has 0 unspecified atom stereocenters. The van der Waals surface area contributed by atoms with Gasteiger partial charge in [0.15, 0.2) is 30.7 Å². The molecule has 0 N–H and O–H groups in total. The molecule has 3 aromatic rings. The molecule has 0 saturated carbocycles. The summed E-state index contributed by atoms with van der Waals surface area (Å²) in [6.45, 7) is 45.8. The molecule has 0 radical (unpaired) electrons. The van der Waals surface area contributed by atoms with Crippen LogP contribution in [-0.4, -0.2) is 117 Å². The number of hydrogen-bond donors (Lipinski definition) is 0. The van der Waals surface area contributed by atoms with Crippen LogP contribution in [0.15, 0.2) is 91.0 Å². The normalized spacial score (nSPS) is 26.2. The molecule has 11 nitrogen and oxygen atoms in total. The van der Waals surface area contributed by atoms with Crippen LogP contribution in [0.4, 0.5) is 0 Å². The van der Waals surface area contributed by atoms with Crippen molar-refractivity contribution < 1.29 is 49.3 Å². The summed E-state index contributed by atoms with van der Waals surface area (Å²) in [7, 11) is -12.6. The summed E-state index contributed by atoms with van der Waals surface area (Å²) in [4.78, 5) is 0. The highest BCUT2D eigenvalue weighted by Crippen LogP contribution is 2.51. The summed E-state index contributed by atoms with van der Waals surface area (Å²) in [5.41, 5.74) is 1.01. The molecule has 2 fully saturated rings. The van der Waals surface area contributed by atoms with Gasteiger partial charge in [-0.05, 0) is 94.6 Å². The molecule has 0 amide bonds. The van der Waals surface area contributed by atoms with Gasteiger partial charge in [-0.15, -0.1) is 0 Å². The van der Waals surface area contributed by atoms with Crippen molar-refractivity contribution in [2.45, 2.75) is 237 Å². The molecule has 0 aromatic heterocycles. The zero-order valence-electron chi connectivity index (χ0n) is 51.7. The molecular weight excluding hydrogens is 1050 g/mol. The van der Waals surface area contributed by atoms with E-state index in [0.29, 0.717) is 19.6 Å².